The number of nitrogens with one attached hydrogen (secondary N) is 1. The van der Waals surface area contributed by atoms with Gasteiger partial charge in [0.15, 0.2) is 0 Å². The third-order valence-corrected chi connectivity index (χ3v) is 2.65. The molecule has 0 rings (SSSR count). The number of nitrogens with two attached hydrogens (primary N) is 1. The molecule has 0 aromatic rings. The standard InChI is InChI=1S/C12H26N2O/c1-5-11(9(2)3)14-12(15)8-6-7-10(4)13/h9-11H,5-8,13H2,1-4H3,(H,14,15). The molecule has 0 aromatic heterocycles. The second kappa shape index (κ2) is 7.69. The van der Waals surface area contributed by atoms with Crippen molar-refractivity contribution in [3.63, 3.8) is 0 Å². The molecule has 3 N–H and O–H groups in total. The lowest BCUT2D eigenvalue weighted by Crippen LogP contribution is -2.37. The van der Waals surface area contributed by atoms with Gasteiger partial charge in [-0.3, -0.25) is 4.79 Å². The van der Waals surface area contributed by atoms with Crippen LogP contribution in [0.5, 0.6) is 0 Å². The summed E-state index contributed by atoms with van der Waals surface area (Å²) in [6.45, 7) is 8.35. The van der Waals surface area contributed by atoms with E-state index in [1.807, 2.05) is 6.92 Å². The van der Waals surface area contributed by atoms with Crippen molar-refractivity contribution < 1.29 is 4.79 Å². The average Bonchev–Trinajstić information content (AvgIpc) is 2.13. The maximum absolute atomic E-state index is 11.5. The van der Waals surface area contributed by atoms with Crippen molar-refractivity contribution in [2.75, 3.05) is 0 Å². The Kier molecular flexibility index (Phi) is 7.39. The largest absolute Gasteiger partial charge is 0.353 e. The van der Waals surface area contributed by atoms with Gasteiger partial charge in [-0.05, 0) is 32.1 Å². The fourth-order valence-corrected chi connectivity index (χ4v) is 1.60. The van der Waals surface area contributed by atoms with E-state index in [0.717, 1.165) is 19.3 Å². The fraction of sp³-hybridized carbons (Fsp3) is 0.917. The Hall–Kier alpha value is -0.570. The van der Waals surface area contributed by atoms with E-state index < -0.39 is 0 Å². The molecule has 1 amide bonds. The van der Waals surface area contributed by atoms with E-state index in [-0.39, 0.29) is 11.9 Å². The maximum Gasteiger partial charge on any atom is 0.220 e. The molecule has 2 unspecified atom stereocenters. The van der Waals surface area contributed by atoms with Crippen molar-refractivity contribution in [3.8, 4) is 0 Å². The summed E-state index contributed by atoms with van der Waals surface area (Å²) in [5.74, 6) is 0.670. The molecule has 0 radical (unpaired) electrons. The van der Waals surface area contributed by atoms with E-state index in [4.69, 9.17) is 5.73 Å². The molecular formula is C12H26N2O. The van der Waals surface area contributed by atoms with Crippen molar-refractivity contribution in [3.05, 3.63) is 0 Å². The van der Waals surface area contributed by atoms with Gasteiger partial charge in [-0.25, -0.2) is 0 Å². The first-order chi connectivity index (χ1) is 6.97. The lowest BCUT2D eigenvalue weighted by molar-refractivity contribution is -0.122. The van der Waals surface area contributed by atoms with Gasteiger partial charge in [0, 0.05) is 18.5 Å². The van der Waals surface area contributed by atoms with Crippen LogP contribution in [0.25, 0.3) is 0 Å². The highest BCUT2D eigenvalue weighted by atomic mass is 16.1. The molecule has 0 aliphatic heterocycles. The zero-order valence-electron chi connectivity index (χ0n) is 10.5. The third kappa shape index (κ3) is 7.37. The van der Waals surface area contributed by atoms with Crippen LogP contribution in [-0.2, 0) is 4.79 Å². The SMILES string of the molecule is CCC(NC(=O)CCCC(C)N)C(C)C. The van der Waals surface area contributed by atoms with Gasteiger partial charge < -0.3 is 11.1 Å². The molecule has 0 aliphatic carbocycles. The minimum atomic E-state index is 0.163. The molecule has 0 bridgehead atoms. The smallest absolute Gasteiger partial charge is 0.220 e. The summed E-state index contributed by atoms with van der Waals surface area (Å²) < 4.78 is 0. The van der Waals surface area contributed by atoms with E-state index in [9.17, 15) is 4.79 Å². The first-order valence-electron chi connectivity index (χ1n) is 6.02. The van der Waals surface area contributed by atoms with E-state index in [0.29, 0.717) is 18.4 Å². The molecule has 3 nitrogen and oxygen atoms in total. The van der Waals surface area contributed by atoms with Crippen molar-refractivity contribution in [2.24, 2.45) is 11.7 Å². The van der Waals surface area contributed by atoms with Gasteiger partial charge in [-0.1, -0.05) is 20.8 Å². The van der Waals surface area contributed by atoms with E-state index in [1.165, 1.54) is 0 Å². The Balaban J connectivity index is 3.72. The van der Waals surface area contributed by atoms with Gasteiger partial charge >= 0.3 is 0 Å². The van der Waals surface area contributed by atoms with Crippen molar-refractivity contribution in [1.29, 1.82) is 0 Å². The number of carbonyl (C=O) groups is 1. The zero-order valence-corrected chi connectivity index (χ0v) is 10.5. The normalized spacial score (nSPS) is 15.1. The Labute approximate surface area is 93.8 Å². The van der Waals surface area contributed by atoms with Gasteiger partial charge in [0.1, 0.15) is 0 Å². The summed E-state index contributed by atoms with van der Waals surface area (Å²) in [7, 11) is 0. The Bertz CT molecular complexity index is 178. The van der Waals surface area contributed by atoms with Gasteiger partial charge in [0.2, 0.25) is 5.91 Å². The van der Waals surface area contributed by atoms with Crippen LogP contribution in [0.1, 0.15) is 53.4 Å². The highest BCUT2D eigenvalue weighted by Crippen LogP contribution is 2.06. The van der Waals surface area contributed by atoms with Crippen LogP contribution in [-0.4, -0.2) is 18.0 Å². The minimum absolute atomic E-state index is 0.163. The molecule has 0 fully saturated rings. The van der Waals surface area contributed by atoms with E-state index >= 15 is 0 Å². The molecule has 0 saturated carbocycles. The van der Waals surface area contributed by atoms with Crippen molar-refractivity contribution in [2.45, 2.75) is 65.5 Å². The molecule has 2 atom stereocenters. The third-order valence-electron chi connectivity index (χ3n) is 2.65. The second-order valence-corrected chi connectivity index (χ2v) is 4.70. The molecule has 0 spiro atoms. The minimum Gasteiger partial charge on any atom is -0.353 e. The number of amides is 1. The van der Waals surface area contributed by atoms with Crippen LogP contribution in [0.15, 0.2) is 0 Å². The Morgan fingerprint density at radius 3 is 2.33 bits per heavy atom. The maximum atomic E-state index is 11.5. The first kappa shape index (κ1) is 14.4. The molecule has 0 saturated heterocycles. The van der Waals surface area contributed by atoms with Crippen LogP contribution in [0.4, 0.5) is 0 Å². The molecular weight excluding hydrogens is 188 g/mol. The Morgan fingerprint density at radius 2 is 1.93 bits per heavy atom. The van der Waals surface area contributed by atoms with Crippen molar-refractivity contribution >= 4 is 5.91 Å². The predicted molar refractivity (Wildman–Crippen MR) is 64.6 cm³/mol. The monoisotopic (exact) mass is 214 g/mol. The van der Waals surface area contributed by atoms with Crippen LogP contribution in [0.2, 0.25) is 0 Å². The van der Waals surface area contributed by atoms with Gasteiger partial charge in [0.25, 0.3) is 0 Å². The fourth-order valence-electron chi connectivity index (χ4n) is 1.60. The summed E-state index contributed by atoms with van der Waals surface area (Å²) >= 11 is 0. The predicted octanol–water partition coefficient (Wildman–Crippen LogP) is 2.05. The molecule has 15 heavy (non-hydrogen) atoms. The number of rotatable bonds is 7. The molecule has 90 valence electrons. The lowest BCUT2D eigenvalue weighted by atomic mass is 10.0. The zero-order chi connectivity index (χ0) is 11.8. The highest BCUT2D eigenvalue weighted by molar-refractivity contribution is 5.76. The number of hydrogen-bond acceptors (Lipinski definition) is 2. The van der Waals surface area contributed by atoms with E-state index in [2.05, 4.69) is 26.1 Å². The first-order valence-corrected chi connectivity index (χ1v) is 6.02. The highest BCUT2D eigenvalue weighted by Gasteiger charge is 2.13. The topological polar surface area (TPSA) is 55.1 Å². The van der Waals surface area contributed by atoms with Gasteiger partial charge in [-0.15, -0.1) is 0 Å². The summed E-state index contributed by atoms with van der Waals surface area (Å²) in [6.07, 6.45) is 3.41. The summed E-state index contributed by atoms with van der Waals surface area (Å²) in [5.41, 5.74) is 5.62. The number of carbonyl (C=O) groups excluding carboxylic acids is 1. The average molecular weight is 214 g/mol. The molecule has 0 aromatic carbocycles. The van der Waals surface area contributed by atoms with E-state index in [1.54, 1.807) is 0 Å². The lowest BCUT2D eigenvalue weighted by Gasteiger charge is -2.20. The molecule has 0 aliphatic rings. The van der Waals surface area contributed by atoms with Crippen LogP contribution in [0, 0.1) is 5.92 Å². The molecule has 3 heteroatoms. The quantitative estimate of drug-likeness (QED) is 0.681. The van der Waals surface area contributed by atoms with Crippen molar-refractivity contribution in [1.82, 2.24) is 5.32 Å². The van der Waals surface area contributed by atoms with Crippen LogP contribution < -0.4 is 11.1 Å². The molecule has 0 heterocycles. The summed E-state index contributed by atoms with van der Waals surface area (Å²) in [5, 5.41) is 3.06. The van der Waals surface area contributed by atoms with Gasteiger partial charge in [-0.2, -0.15) is 0 Å². The number of hydrogen-bond donors (Lipinski definition) is 2. The second-order valence-electron chi connectivity index (χ2n) is 4.70. The summed E-state index contributed by atoms with van der Waals surface area (Å²) in [4.78, 5) is 11.5. The van der Waals surface area contributed by atoms with Crippen LogP contribution >= 0.6 is 0 Å². The van der Waals surface area contributed by atoms with Crippen LogP contribution in [0.3, 0.4) is 0 Å². The van der Waals surface area contributed by atoms with Gasteiger partial charge in [0.05, 0.1) is 0 Å². The Morgan fingerprint density at radius 1 is 1.33 bits per heavy atom. The summed E-state index contributed by atoms with van der Waals surface area (Å²) in [6, 6.07) is 0.512.